The molecule has 1 aromatic carbocycles. The average Bonchev–Trinajstić information content (AvgIpc) is 2.25. The van der Waals surface area contributed by atoms with Crippen molar-refractivity contribution in [2.24, 2.45) is 5.10 Å². The lowest BCUT2D eigenvalue weighted by Gasteiger charge is -1.98. The third-order valence-corrected chi connectivity index (χ3v) is 1.78. The first-order chi connectivity index (χ1) is 7.24. The molecule has 0 aliphatic heterocycles. The standard InChI is InChI=1S/C11H13FN2O/c1-2-3-8-13-14-11(15)9-4-6-10(12)7-5-9/h4-8H,2-3H2,1H3,(H,14,15)/b13-8-. The Bertz CT molecular complexity index is 346. The monoisotopic (exact) mass is 208 g/mol. The Morgan fingerprint density at radius 2 is 2.13 bits per heavy atom. The summed E-state index contributed by atoms with van der Waals surface area (Å²) >= 11 is 0. The molecule has 0 aliphatic rings. The number of unbranched alkanes of at least 4 members (excludes halogenated alkanes) is 1. The van der Waals surface area contributed by atoms with Gasteiger partial charge in [-0.25, -0.2) is 9.82 Å². The largest absolute Gasteiger partial charge is 0.271 e. The molecule has 0 saturated heterocycles. The molecule has 0 bridgehead atoms. The van der Waals surface area contributed by atoms with E-state index in [9.17, 15) is 9.18 Å². The van der Waals surface area contributed by atoms with E-state index in [0.29, 0.717) is 5.56 Å². The van der Waals surface area contributed by atoms with Gasteiger partial charge in [0.05, 0.1) is 0 Å². The summed E-state index contributed by atoms with van der Waals surface area (Å²) < 4.78 is 12.5. The van der Waals surface area contributed by atoms with Crippen LogP contribution in [0.15, 0.2) is 29.4 Å². The highest BCUT2D eigenvalue weighted by Crippen LogP contribution is 2.02. The molecule has 0 spiro atoms. The smallest absolute Gasteiger partial charge is 0.267 e. The lowest BCUT2D eigenvalue weighted by Crippen LogP contribution is -2.17. The van der Waals surface area contributed by atoms with Gasteiger partial charge in [0.25, 0.3) is 5.91 Å². The number of halogens is 1. The number of hydrazone groups is 1. The van der Waals surface area contributed by atoms with Gasteiger partial charge in [-0.05, 0) is 30.7 Å². The number of hydrogen-bond donors (Lipinski definition) is 1. The van der Waals surface area contributed by atoms with Crippen LogP contribution in [-0.2, 0) is 0 Å². The molecule has 0 radical (unpaired) electrons. The minimum atomic E-state index is -0.360. The molecule has 0 aromatic heterocycles. The second kappa shape index (κ2) is 5.90. The number of rotatable bonds is 4. The van der Waals surface area contributed by atoms with Crippen molar-refractivity contribution in [2.75, 3.05) is 0 Å². The van der Waals surface area contributed by atoms with Gasteiger partial charge in [-0.2, -0.15) is 5.10 Å². The van der Waals surface area contributed by atoms with Crippen molar-refractivity contribution < 1.29 is 9.18 Å². The summed E-state index contributed by atoms with van der Waals surface area (Å²) in [6, 6.07) is 5.31. The Labute approximate surface area is 88.0 Å². The van der Waals surface area contributed by atoms with Crippen molar-refractivity contribution in [1.82, 2.24) is 5.43 Å². The molecule has 0 unspecified atom stereocenters. The van der Waals surface area contributed by atoms with E-state index in [1.807, 2.05) is 6.92 Å². The highest BCUT2D eigenvalue weighted by molar-refractivity contribution is 5.94. The second-order valence-electron chi connectivity index (χ2n) is 3.05. The van der Waals surface area contributed by atoms with Crippen LogP contribution in [0, 0.1) is 5.82 Å². The second-order valence-corrected chi connectivity index (χ2v) is 3.05. The van der Waals surface area contributed by atoms with Gasteiger partial charge < -0.3 is 0 Å². The molecular weight excluding hydrogens is 195 g/mol. The van der Waals surface area contributed by atoms with Crippen LogP contribution in [0.2, 0.25) is 0 Å². The third kappa shape index (κ3) is 3.89. The highest BCUT2D eigenvalue weighted by atomic mass is 19.1. The van der Waals surface area contributed by atoms with E-state index in [0.717, 1.165) is 12.8 Å². The molecule has 0 fully saturated rings. The number of nitrogens with zero attached hydrogens (tertiary/aromatic N) is 1. The molecule has 0 aliphatic carbocycles. The first-order valence-corrected chi connectivity index (χ1v) is 4.81. The summed E-state index contributed by atoms with van der Waals surface area (Å²) in [7, 11) is 0. The average molecular weight is 208 g/mol. The van der Waals surface area contributed by atoms with E-state index in [1.54, 1.807) is 6.21 Å². The van der Waals surface area contributed by atoms with Crippen LogP contribution in [0.25, 0.3) is 0 Å². The first kappa shape index (κ1) is 11.4. The zero-order valence-corrected chi connectivity index (χ0v) is 8.53. The van der Waals surface area contributed by atoms with Crippen molar-refractivity contribution in [3.8, 4) is 0 Å². The number of nitrogens with one attached hydrogen (secondary N) is 1. The van der Waals surface area contributed by atoms with E-state index in [1.165, 1.54) is 24.3 Å². The number of hydrogen-bond acceptors (Lipinski definition) is 2. The van der Waals surface area contributed by atoms with Crippen molar-refractivity contribution >= 4 is 12.1 Å². The molecule has 1 amide bonds. The minimum Gasteiger partial charge on any atom is -0.267 e. The molecule has 80 valence electrons. The topological polar surface area (TPSA) is 41.5 Å². The summed E-state index contributed by atoms with van der Waals surface area (Å²) in [6.45, 7) is 2.02. The number of amides is 1. The van der Waals surface area contributed by atoms with Crippen molar-refractivity contribution in [2.45, 2.75) is 19.8 Å². The van der Waals surface area contributed by atoms with Gasteiger partial charge in [0.1, 0.15) is 5.82 Å². The van der Waals surface area contributed by atoms with Crippen LogP contribution in [-0.4, -0.2) is 12.1 Å². The molecule has 1 rings (SSSR count). The molecule has 0 atom stereocenters. The number of carbonyl (C=O) groups is 1. The van der Waals surface area contributed by atoms with Crippen LogP contribution in [0.3, 0.4) is 0 Å². The molecule has 3 nitrogen and oxygen atoms in total. The van der Waals surface area contributed by atoms with Crippen LogP contribution in [0.1, 0.15) is 30.1 Å². The zero-order chi connectivity index (χ0) is 11.1. The molecule has 15 heavy (non-hydrogen) atoms. The van der Waals surface area contributed by atoms with Gasteiger partial charge in [0.2, 0.25) is 0 Å². The third-order valence-electron chi connectivity index (χ3n) is 1.78. The van der Waals surface area contributed by atoms with E-state index in [4.69, 9.17) is 0 Å². The Hall–Kier alpha value is -1.71. The van der Waals surface area contributed by atoms with Crippen LogP contribution >= 0.6 is 0 Å². The quantitative estimate of drug-likeness (QED) is 0.598. The van der Waals surface area contributed by atoms with Crippen LogP contribution in [0.4, 0.5) is 4.39 Å². The van der Waals surface area contributed by atoms with Gasteiger partial charge in [-0.1, -0.05) is 13.3 Å². The molecule has 0 saturated carbocycles. The van der Waals surface area contributed by atoms with Crippen molar-refractivity contribution in [3.63, 3.8) is 0 Å². The van der Waals surface area contributed by atoms with E-state index >= 15 is 0 Å². The Morgan fingerprint density at radius 3 is 2.73 bits per heavy atom. The van der Waals surface area contributed by atoms with Crippen molar-refractivity contribution in [1.29, 1.82) is 0 Å². The van der Waals surface area contributed by atoms with E-state index in [-0.39, 0.29) is 11.7 Å². The molecule has 0 heterocycles. The highest BCUT2D eigenvalue weighted by Gasteiger charge is 2.02. The van der Waals surface area contributed by atoms with Gasteiger partial charge in [0.15, 0.2) is 0 Å². The van der Waals surface area contributed by atoms with Crippen LogP contribution < -0.4 is 5.43 Å². The zero-order valence-electron chi connectivity index (χ0n) is 8.53. The molecular formula is C11H13FN2O. The van der Waals surface area contributed by atoms with Crippen LogP contribution in [0.5, 0.6) is 0 Å². The van der Waals surface area contributed by atoms with Gasteiger partial charge >= 0.3 is 0 Å². The molecule has 1 N–H and O–H groups in total. The summed E-state index contributed by atoms with van der Waals surface area (Å²) in [5, 5.41) is 3.74. The molecule has 4 heteroatoms. The SMILES string of the molecule is CCC/C=N\NC(=O)c1ccc(F)cc1. The summed E-state index contributed by atoms with van der Waals surface area (Å²) in [5.41, 5.74) is 2.75. The minimum absolute atomic E-state index is 0.331. The molecule has 1 aromatic rings. The van der Waals surface area contributed by atoms with Crippen molar-refractivity contribution in [3.05, 3.63) is 35.6 Å². The summed E-state index contributed by atoms with van der Waals surface area (Å²) in [4.78, 5) is 11.4. The number of benzene rings is 1. The van der Waals surface area contributed by atoms with Gasteiger partial charge in [-0.3, -0.25) is 4.79 Å². The maximum absolute atomic E-state index is 12.5. The predicted octanol–water partition coefficient (Wildman–Crippen LogP) is 2.34. The lowest BCUT2D eigenvalue weighted by molar-refractivity contribution is 0.0955. The van der Waals surface area contributed by atoms with Gasteiger partial charge in [-0.15, -0.1) is 0 Å². The Kier molecular flexibility index (Phi) is 4.47. The fourth-order valence-electron chi connectivity index (χ4n) is 0.964. The lowest BCUT2D eigenvalue weighted by atomic mass is 10.2. The maximum atomic E-state index is 12.5. The first-order valence-electron chi connectivity index (χ1n) is 4.81. The predicted molar refractivity (Wildman–Crippen MR) is 57.3 cm³/mol. The Balaban J connectivity index is 2.50. The number of carbonyl (C=O) groups excluding carboxylic acids is 1. The Morgan fingerprint density at radius 1 is 1.47 bits per heavy atom. The summed E-state index contributed by atoms with van der Waals surface area (Å²) in [6.07, 6.45) is 3.45. The fraction of sp³-hybridized carbons (Fsp3) is 0.273. The van der Waals surface area contributed by atoms with E-state index in [2.05, 4.69) is 10.5 Å². The summed E-state index contributed by atoms with van der Waals surface area (Å²) in [5.74, 6) is -0.691. The van der Waals surface area contributed by atoms with E-state index < -0.39 is 0 Å². The van der Waals surface area contributed by atoms with Gasteiger partial charge in [0, 0.05) is 11.8 Å². The maximum Gasteiger partial charge on any atom is 0.271 e. The fourth-order valence-corrected chi connectivity index (χ4v) is 0.964. The normalized spacial score (nSPS) is 10.5.